The quantitative estimate of drug-likeness (QED) is 0.0704. The Hall–Kier alpha value is -6.57. The molecule has 4 amide bonds. The predicted octanol–water partition coefficient (Wildman–Crippen LogP) is 6.43. The molecule has 1 heterocycles. The number of hydrogen-bond acceptors (Lipinski definition) is 9. The molecule has 0 aliphatic heterocycles. The standard InChI is InChI=1S/C48H54N6O7/c1-47(2,3)42(51-45(58)60-4)43(56)53-54(31-34-21-23-36(24-22-34)38-19-13-26-49-30-38)27-25-48(29-33-14-7-5-8-15-33,52-46(59)61-32-35-16-9-6-10-17-35)44(57)50-41-39-20-12-11-18-37(39)28-40(41)55/h5-24,26,30,40-42,55H,25,27-29,31-32H2,1-4H3,(H,50,57)(H,51,58)(H,52,59)(H,53,56)/t40-,41+,42-,48-/m1/s1. The van der Waals surface area contributed by atoms with Gasteiger partial charge in [-0.1, -0.05) is 136 Å². The monoisotopic (exact) mass is 826 g/mol. The number of fused-ring (bicyclic) bond motifs is 1. The Morgan fingerprint density at radius 3 is 2.13 bits per heavy atom. The van der Waals surface area contributed by atoms with Crippen LogP contribution in [-0.4, -0.2) is 70.4 Å². The number of hydrazine groups is 1. The van der Waals surface area contributed by atoms with Crippen molar-refractivity contribution in [3.63, 3.8) is 0 Å². The van der Waals surface area contributed by atoms with Crippen LogP contribution in [0.5, 0.6) is 0 Å². The topological polar surface area (TPSA) is 171 Å². The summed E-state index contributed by atoms with van der Waals surface area (Å²) >= 11 is 0. The number of amides is 4. The van der Waals surface area contributed by atoms with Gasteiger partial charge in [-0.3, -0.25) is 20.0 Å². The van der Waals surface area contributed by atoms with Crippen LogP contribution in [0.25, 0.3) is 11.1 Å². The van der Waals surface area contributed by atoms with Gasteiger partial charge in [0.25, 0.3) is 5.91 Å². The van der Waals surface area contributed by atoms with E-state index in [4.69, 9.17) is 9.47 Å². The maximum atomic E-state index is 15.1. The third kappa shape index (κ3) is 11.8. The lowest BCUT2D eigenvalue weighted by molar-refractivity contribution is -0.131. The minimum absolute atomic E-state index is 0.0305. The minimum atomic E-state index is -1.67. The van der Waals surface area contributed by atoms with Gasteiger partial charge in [-0.15, -0.1) is 0 Å². The van der Waals surface area contributed by atoms with Gasteiger partial charge in [0.05, 0.1) is 19.3 Å². The number of aliphatic hydroxyl groups excluding tert-OH is 1. The van der Waals surface area contributed by atoms with Gasteiger partial charge in [-0.25, -0.2) is 14.6 Å². The normalized spacial score (nSPS) is 16.0. The summed E-state index contributed by atoms with van der Waals surface area (Å²) in [5, 5.41) is 21.6. The van der Waals surface area contributed by atoms with Gasteiger partial charge >= 0.3 is 12.2 Å². The van der Waals surface area contributed by atoms with E-state index in [-0.39, 0.29) is 32.5 Å². The Bertz CT molecular complexity index is 2240. The lowest BCUT2D eigenvalue weighted by atomic mass is 9.85. The first-order chi connectivity index (χ1) is 29.3. The number of carbonyl (C=O) groups excluding carboxylic acids is 4. The van der Waals surface area contributed by atoms with Crippen molar-refractivity contribution >= 4 is 24.0 Å². The number of carbonyl (C=O) groups is 4. The second-order valence-electron chi connectivity index (χ2n) is 16.4. The summed E-state index contributed by atoms with van der Waals surface area (Å²) in [5.74, 6) is -1.05. The summed E-state index contributed by atoms with van der Waals surface area (Å²) in [5.41, 5.74) is 6.57. The van der Waals surface area contributed by atoms with Gasteiger partial charge in [-0.05, 0) is 56.8 Å². The van der Waals surface area contributed by atoms with Crippen LogP contribution in [0.2, 0.25) is 0 Å². The number of nitrogens with one attached hydrogen (secondary N) is 4. The van der Waals surface area contributed by atoms with E-state index in [1.54, 1.807) is 17.4 Å². The number of aliphatic hydroxyl groups is 1. The van der Waals surface area contributed by atoms with Crippen molar-refractivity contribution in [3.05, 3.63) is 162 Å². The Balaban J connectivity index is 1.36. The van der Waals surface area contributed by atoms with Crippen molar-refractivity contribution in [2.45, 2.75) is 76.9 Å². The zero-order chi connectivity index (χ0) is 43.4. The van der Waals surface area contributed by atoms with E-state index in [1.165, 1.54) is 7.11 Å². The van der Waals surface area contributed by atoms with E-state index in [9.17, 15) is 19.5 Å². The molecule has 4 aromatic carbocycles. The summed E-state index contributed by atoms with van der Waals surface area (Å²) < 4.78 is 10.6. The fraction of sp³-hybridized carbons (Fsp3) is 0.312. The Kier molecular flexibility index (Phi) is 14.5. The van der Waals surface area contributed by atoms with Crippen LogP contribution >= 0.6 is 0 Å². The number of nitrogens with zero attached hydrogens (tertiary/aromatic N) is 2. The first-order valence-corrected chi connectivity index (χ1v) is 20.3. The molecule has 0 unspecified atom stereocenters. The van der Waals surface area contributed by atoms with Gasteiger partial charge in [0.2, 0.25) is 5.91 Å². The van der Waals surface area contributed by atoms with E-state index in [1.807, 2.05) is 142 Å². The summed E-state index contributed by atoms with van der Waals surface area (Å²) in [6, 6.07) is 36.0. The molecule has 6 rings (SSSR count). The number of aromatic nitrogens is 1. The highest BCUT2D eigenvalue weighted by Gasteiger charge is 2.44. The van der Waals surface area contributed by atoms with E-state index in [0.717, 1.165) is 38.9 Å². The molecule has 1 aliphatic carbocycles. The number of pyridine rings is 1. The van der Waals surface area contributed by atoms with Gasteiger partial charge in [-0.2, -0.15) is 0 Å². The van der Waals surface area contributed by atoms with Crippen molar-refractivity contribution in [2.24, 2.45) is 5.41 Å². The van der Waals surface area contributed by atoms with Crippen LogP contribution in [0.3, 0.4) is 0 Å². The molecule has 0 spiro atoms. The van der Waals surface area contributed by atoms with Crippen LogP contribution in [0.1, 0.15) is 61.1 Å². The molecule has 0 radical (unpaired) electrons. The number of benzene rings is 4. The third-order valence-electron chi connectivity index (χ3n) is 10.8. The van der Waals surface area contributed by atoms with Crippen molar-refractivity contribution < 1.29 is 33.8 Å². The maximum Gasteiger partial charge on any atom is 0.408 e. The Morgan fingerprint density at radius 1 is 0.803 bits per heavy atom. The van der Waals surface area contributed by atoms with Crippen LogP contribution in [0.15, 0.2) is 134 Å². The Labute approximate surface area is 356 Å². The fourth-order valence-electron chi connectivity index (χ4n) is 7.50. The lowest BCUT2D eigenvalue weighted by Gasteiger charge is -2.37. The number of ether oxygens (including phenoxy) is 2. The highest BCUT2D eigenvalue weighted by molar-refractivity contribution is 5.91. The van der Waals surface area contributed by atoms with E-state index < -0.39 is 53.1 Å². The van der Waals surface area contributed by atoms with E-state index >= 15 is 4.79 Å². The first-order valence-electron chi connectivity index (χ1n) is 20.3. The van der Waals surface area contributed by atoms with Crippen molar-refractivity contribution in [3.8, 4) is 11.1 Å². The van der Waals surface area contributed by atoms with Crippen molar-refractivity contribution in [2.75, 3.05) is 13.7 Å². The van der Waals surface area contributed by atoms with Gasteiger partial charge in [0.1, 0.15) is 18.2 Å². The Morgan fingerprint density at radius 2 is 1.48 bits per heavy atom. The molecule has 0 saturated heterocycles. The van der Waals surface area contributed by atoms with Gasteiger partial charge in [0.15, 0.2) is 0 Å². The molecule has 1 aliphatic rings. The SMILES string of the molecule is COC(=O)N[C@H](C(=O)NN(CC[C@](Cc1ccccc1)(NC(=O)OCc1ccccc1)C(=O)N[C@H]1c2ccccc2C[C@H]1O)Cc1ccc(-c2cccnc2)cc1)C(C)(C)C. The lowest BCUT2D eigenvalue weighted by Crippen LogP contribution is -2.63. The van der Waals surface area contributed by atoms with Crippen molar-refractivity contribution in [1.82, 2.24) is 31.4 Å². The van der Waals surface area contributed by atoms with E-state index in [0.29, 0.717) is 6.42 Å². The molecule has 5 aromatic rings. The second kappa shape index (κ2) is 20.1. The van der Waals surface area contributed by atoms with Crippen LogP contribution < -0.4 is 21.4 Å². The zero-order valence-corrected chi connectivity index (χ0v) is 35.0. The average Bonchev–Trinajstić information content (AvgIpc) is 3.58. The van der Waals surface area contributed by atoms with Gasteiger partial charge in [0, 0.05) is 38.3 Å². The predicted molar refractivity (Wildman–Crippen MR) is 231 cm³/mol. The van der Waals surface area contributed by atoms with Crippen molar-refractivity contribution in [1.29, 1.82) is 0 Å². The number of alkyl carbamates (subject to hydrolysis) is 2. The summed E-state index contributed by atoms with van der Waals surface area (Å²) in [6.45, 7) is 5.65. The first kappa shape index (κ1) is 44.0. The summed E-state index contributed by atoms with van der Waals surface area (Å²) in [6.07, 6.45) is 1.37. The minimum Gasteiger partial charge on any atom is -0.453 e. The summed E-state index contributed by atoms with van der Waals surface area (Å²) in [7, 11) is 1.23. The molecule has 5 N–H and O–H groups in total. The zero-order valence-electron chi connectivity index (χ0n) is 35.0. The largest absolute Gasteiger partial charge is 0.453 e. The number of rotatable bonds is 16. The molecule has 0 fully saturated rings. The molecule has 4 atom stereocenters. The van der Waals surface area contributed by atoms with Gasteiger partial charge < -0.3 is 30.5 Å². The maximum absolute atomic E-state index is 15.1. The second-order valence-corrected chi connectivity index (χ2v) is 16.4. The molecule has 13 heteroatoms. The molecule has 0 bridgehead atoms. The van der Waals surface area contributed by atoms with Crippen LogP contribution in [0, 0.1) is 5.41 Å². The fourth-order valence-corrected chi connectivity index (χ4v) is 7.50. The molecular formula is C48H54N6O7. The molecule has 13 nitrogen and oxygen atoms in total. The molecule has 318 valence electrons. The average molecular weight is 827 g/mol. The molecule has 0 saturated carbocycles. The summed E-state index contributed by atoms with van der Waals surface area (Å²) in [4.78, 5) is 59.9. The molecular weight excluding hydrogens is 773 g/mol. The number of hydrogen-bond donors (Lipinski definition) is 5. The molecule has 61 heavy (non-hydrogen) atoms. The smallest absolute Gasteiger partial charge is 0.408 e. The molecule has 1 aromatic heterocycles. The number of methoxy groups -OCH3 is 1. The highest BCUT2D eigenvalue weighted by Crippen LogP contribution is 2.33. The van der Waals surface area contributed by atoms with E-state index in [2.05, 4.69) is 26.4 Å². The highest BCUT2D eigenvalue weighted by atomic mass is 16.5. The third-order valence-corrected chi connectivity index (χ3v) is 10.8. The van der Waals surface area contributed by atoms with Crippen LogP contribution in [0.4, 0.5) is 9.59 Å². The van der Waals surface area contributed by atoms with Crippen LogP contribution in [-0.2, 0) is 45.1 Å².